The summed E-state index contributed by atoms with van der Waals surface area (Å²) in [6, 6.07) is 9.75. The fourth-order valence-electron chi connectivity index (χ4n) is 4.92. The molecule has 1 amide bonds. The molecule has 41 heavy (non-hydrogen) atoms. The molecule has 1 fully saturated rings. The van der Waals surface area contributed by atoms with E-state index in [0.717, 1.165) is 35.9 Å². The van der Waals surface area contributed by atoms with Crippen LogP contribution < -0.4 is 15.8 Å². The molecule has 3 aromatic rings. The molecule has 0 saturated carbocycles. The summed E-state index contributed by atoms with van der Waals surface area (Å²) in [4.78, 5) is 17.4. The minimum absolute atomic E-state index is 0. The zero-order chi connectivity index (χ0) is 28.2. The molecule has 1 atom stereocenters. The summed E-state index contributed by atoms with van der Waals surface area (Å²) in [5.74, 6) is 0.244. The van der Waals surface area contributed by atoms with Crippen LogP contribution in [-0.2, 0) is 21.4 Å². The summed E-state index contributed by atoms with van der Waals surface area (Å²) < 4.78 is 34.8. The van der Waals surface area contributed by atoms with E-state index in [9.17, 15) is 13.2 Å². The highest BCUT2D eigenvalue weighted by Crippen LogP contribution is 2.36. The van der Waals surface area contributed by atoms with Gasteiger partial charge in [0.15, 0.2) is 0 Å². The Morgan fingerprint density at radius 2 is 1.90 bits per heavy atom. The second kappa shape index (κ2) is 15.6. The molecular formula is C28H36Cl4N4O4S. The van der Waals surface area contributed by atoms with Gasteiger partial charge in [0.2, 0.25) is 15.9 Å². The summed E-state index contributed by atoms with van der Waals surface area (Å²) in [5.41, 5.74) is 8.51. The van der Waals surface area contributed by atoms with Gasteiger partial charge < -0.3 is 15.8 Å². The average Bonchev–Trinajstić information content (AvgIpc) is 3.40. The van der Waals surface area contributed by atoms with Crippen LogP contribution in [0.25, 0.3) is 10.9 Å². The first kappa shape index (κ1) is 35.3. The van der Waals surface area contributed by atoms with Gasteiger partial charge in [-0.3, -0.25) is 4.79 Å². The monoisotopic (exact) mass is 664 g/mol. The van der Waals surface area contributed by atoms with Gasteiger partial charge in [0.1, 0.15) is 28.8 Å². The van der Waals surface area contributed by atoms with Gasteiger partial charge in [-0.15, -0.1) is 24.8 Å². The Morgan fingerprint density at radius 1 is 1.15 bits per heavy atom. The van der Waals surface area contributed by atoms with Gasteiger partial charge in [-0.05, 0) is 75.9 Å². The lowest BCUT2D eigenvalue weighted by atomic mass is 10.1. The fraction of sp³-hybridized carbons (Fsp3) is 0.429. The minimum atomic E-state index is -4.07. The fourth-order valence-corrected chi connectivity index (χ4v) is 7.44. The third-order valence-corrected chi connectivity index (χ3v) is 9.78. The summed E-state index contributed by atoms with van der Waals surface area (Å²) >= 11 is 13.1. The second-order valence-corrected chi connectivity index (χ2v) is 12.4. The molecule has 1 aromatic heterocycles. The van der Waals surface area contributed by atoms with Crippen LogP contribution in [0, 0.1) is 13.8 Å². The summed E-state index contributed by atoms with van der Waals surface area (Å²) in [6.45, 7) is 5.19. The number of unbranched alkanes of at least 4 members (excludes halogenated alkanes) is 2. The second-order valence-electron chi connectivity index (χ2n) is 9.77. The van der Waals surface area contributed by atoms with Crippen molar-refractivity contribution < 1.29 is 17.9 Å². The normalized spacial score (nSPS) is 15.3. The molecule has 8 nitrogen and oxygen atoms in total. The molecule has 0 aliphatic carbocycles. The van der Waals surface area contributed by atoms with E-state index < -0.39 is 16.1 Å². The van der Waals surface area contributed by atoms with E-state index >= 15 is 0 Å². The number of nitrogens with two attached hydrogens (primary N) is 1. The SMILES string of the molecule is Cc1cc(C)c2cccc(OCc3c(Cl)ccc(S(=O)(=O)N4CCC[C@H]4C(=O)NCCCCCN)c3Cl)c2n1.Cl.Cl. The molecule has 13 heteroatoms. The molecule has 226 valence electrons. The number of para-hydroxylation sites is 1. The van der Waals surface area contributed by atoms with E-state index in [2.05, 4.69) is 10.3 Å². The molecule has 1 saturated heterocycles. The van der Waals surface area contributed by atoms with E-state index in [-0.39, 0.29) is 58.8 Å². The molecule has 0 radical (unpaired) electrons. The number of ether oxygens (including phenoxy) is 1. The standard InChI is InChI=1S/C28H34Cl2N4O4S.2ClH/c1-18-16-19(2)33-27-20(18)8-6-10-24(27)38-17-21-22(29)11-12-25(26(21)30)39(36,37)34-15-7-9-23(34)28(35)32-14-5-3-4-13-31;;/h6,8,10-12,16,23H,3-5,7,9,13-15,17,31H2,1-2H3,(H,32,35);2*1H/t23-;;/m0../s1. The molecule has 2 heterocycles. The van der Waals surface area contributed by atoms with E-state index in [0.29, 0.717) is 42.8 Å². The Labute approximate surface area is 264 Å². The van der Waals surface area contributed by atoms with Gasteiger partial charge >= 0.3 is 0 Å². The van der Waals surface area contributed by atoms with Crippen molar-refractivity contribution in [3.8, 4) is 5.75 Å². The highest BCUT2D eigenvalue weighted by molar-refractivity contribution is 7.89. The third-order valence-electron chi connectivity index (χ3n) is 6.93. The Hall–Kier alpha value is -1.85. The number of carbonyl (C=O) groups excluding carboxylic acids is 1. The number of nitrogens with zero attached hydrogens (tertiary/aromatic N) is 2. The first-order chi connectivity index (χ1) is 18.6. The maximum atomic E-state index is 13.7. The number of carbonyl (C=O) groups is 1. The lowest BCUT2D eigenvalue weighted by molar-refractivity contribution is -0.124. The van der Waals surface area contributed by atoms with Crippen molar-refractivity contribution >= 4 is 74.8 Å². The number of sulfonamides is 1. The number of aromatic nitrogens is 1. The maximum absolute atomic E-state index is 13.7. The van der Waals surface area contributed by atoms with Crippen LogP contribution in [0.4, 0.5) is 0 Å². The number of benzene rings is 2. The lowest BCUT2D eigenvalue weighted by Crippen LogP contribution is -2.46. The highest BCUT2D eigenvalue weighted by Gasteiger charge is 2.40. The predicted octanol–water partition coefficient (Wildman–Crippen LogP) is 5.98. The van der Waals surface area contributed by atoms with Crippen molar-refractivity contribution in [1.29, 1.82) is 0 Å². The number of halogens is 4. The molecule has 1 aliphatic rings. The lowest BCUT2D eigenvalue weighted by Gasteiger charge is -2.24. The van der Waals surface area contributed by atoms with Crippen LogP contribution in [0.3, 0.4) is 0 Å². The summed E-state index contributed by atoms with van der Waals surface area (Å²) in [6.07, 6.45) is 3.61. The van der Waals surface area contributed by atoms with E-state index in [1.54, 1.807) is 6.07 Å². The van der Waals surface area contributed by atoms with Gasteiger partial charge in [0, 0.05) is 34.8 Å². The molecule has 0 bridgehead atoms. The smallest absolute Gasteiger partial charge is 0.245 e. The van der Waals surface area contributed by atoms with Crippen molar-refractivity contribution in [3.05, 3.63) is 63.3 Å². The quantitative estimate of drug-likeness (QED) is 0.244. The van der Waals surface area contributed by atoms with Gasteiger partial charge in [0.05, 0.1) is 5.02 Å². The molecule has 4 rings (SSSR count). The predicted molar refractivity (Wildman–Crippen MR) is 169 cm³/mol. The van der Waals surface area contributed by atoms with Crippen molar-refractivity contribution in [2.45, 2.75) is 63.5 Å². The number of rotatable bonds is 11. The number of aryl methyl sites for hydroxylation is 2. The zero-order valence-electron chi connectivity index (χ0n) is 23.0. The Balaban J connectivity index is 0.00000294. The van der Waals surface area contributed by atoms with Crippen LogP contribution in [0.2, 0.25) is 10.0 Å². The van der Waals surface area contributed by atoms with Crippen molar-refractivity contribution in [2.24, 2.45) is 5.73 Å². The van der Waals surface area contributed by atoms with Crippen LogP contribution in [0.15, 0.2) is 41.3 Å². The summed E-state index contributed by atoms with van der Waals surface area (Å²) in [5, 5.41) is 4.10. The summed E-state index contributed by atoms with van der Waals surface area (Å²) in [7, 11) is -4.07. The maximum Gasteiger partial charge on any atom is 0.245 e. The topological polar surface area (TPSA) is 115 Å². The minimum Gasteiger partial charge on any atom is -0.487 e. The van der Waals surface area contributed by atoms with E-state index in [4.69, 9.17) is 33.7 Å². The van der Waals surface area contributed by atoms with Crippen LogP contribution >= 0.6 is 48.0 Å². The number of pyridine rings is 1. The number of hydrogen-bond donors (Lipinski definition) is 2. The molecule has 0 unspecified atom stereocenters. The molecule has 3 N–H and O–H groups in total. The van der Waals surface area contributed by atoms with Crippen molar-refractivity contribution in [1.82, 2.24) is 14.6 Å². The number of nitrogens with one attached hydrogen (secondary N) is 1. The number of fused-ring (bicyclic) bond motifs is 1. The van der Waals surface area contributed by atoms with Gasteiger partial charge in [-0.2, -0.15) is 4.31 Å². The largest absolute Gasteiger partial charge is 0.487 e. The number of hydrogen-bond acceptors (Lipinski definition) is 6. The Bertz CT molecular complexity index is 1470. The zero-order valence-corrected chi connectivity index (χ0v) is 27.0. The average molecular weight is 666 g/mol. The van der Waals surface area contributed by atoms with Crippen molar-refractivity contribution in [3.63, 3.8) is 0 Å². The first-order valence-corrected chi connectivity index (χ1v) is 15.3. The van der Waals surface area contributed by atoms with Crippen LogP contribution in [0.1, 0.15) is 48.9 Å². The molecular weight excluding hydrogens is 630 g/mol. The Kier molecular flexibility index (Phi) is 13.4. The molecule has 0 spiro atoms. The first-order valence-electron chi connectivity index (χ1n) is 13.1. The number of amides is 1. The molecule has 2 aromatic carbocycles. The van der Waals surface area contributed by atoms with Gasteiger partial charge in [-0.25, -0.2) is 13.4 Å². The molecule has 1 aliphatic heterocycles. The van der Waals surface area contributed by atoms with Crippen LogP contribution in [0.5, 0.6) is 5.75 Å². The highest BCUT2D eigenvalue weighted by atomic mass is 35.5. The van der Waals surface area contributed by atoms with E-state index in [1.807, 2.05) is 32.0 Å². The van der Waals surface area contributed by atoms with Crippen molar-refractivity contribution in [2.75, 3.05) is 19.6 Å². The third kappa shape index (κ3) is 7.96. The van der Waals surface area contributed by atoms with Crippen LogP contribution in [-0.4, -0.2) is 49.3 Å². The van der Waals surface area contributed by atoms with Gasteiger partial charge in [0.25, 0.3) is 0 Å². The Morgan fingerprint density at radius 3 is 2.63 bits per heavy atom. The van der Waals surface area contributed by atoms with E-state index in [1.165, 1.54) is 16.4 Å². The van der Waals surface area contributed by atoms with Gasteiger partial charge in [-0.1, -0.05) is 41.8 Å².